The molecule has 0 radical (unpaired) electrons. The van der Waals surface area contributed by atoms with Gasteiger partial charge in [-0.2, -0.15) is 0 Å². The highest BCUT2D eigenvalue weighted by Crippen LogP contribution is 2.20. The minimum atomic E-state index is 0.268. The average Bonchev–Trinajstić information content (AvgIpc) is 2.12. The van der Waals surface area contributed by atoms with E-state index in [4.69, 9.17) is 10.5 Å². The average molecular weight is 194 g/mol. The van der Waals surface area contributed by atoms with Crippen LogP contribution in [0, 0.1) is 6.92 Å². The van der Waals surface area contributed by atoms with Gasteiger partial charge in [-0.15, -0.1) is 0 Å². The van der Waals surface area contributed by atoms with Crippen molar-refractivity contribution in [2.45, 2.75) is 19.9 Å². The number of rotatable bonds is 4. The Morgan fingerprint density at radius 2 is 2.21 bits per heavy atom. The van der Waals surface area contributed by atoms with Crippen molar-refractivity contribution in [2.24, 2.45) is 0 Å². The number of aryl methyl sites for hydroxylation is 1. The highest BCUT2D eigenvalue weighted by atomic mass is 16.5. The number of nitrogens with one attached hydrogen (secondary N) is 1. The van der Waals surface area contributed by atoms with Crippen LogP contribution < -0.4 is 11.1 Å². The van der Waals surface area contributed by atoms with E-state index in [1.165, 1.54) is 5.56 Å². The number of anilines is 2. The fourth-order valence-electron chi connectivity index (χ4n) is 1.35. The van der Waals surface area contributed by atoms with Crippen LogP contribution in [0.2, 0.25) is 0 Å². The Bertz CT molecular complexity index is 299. The fraction of sp³-hybridized carbons (Fsp3) is 0.455. The molecule has 3 heteroatoms. The van der Waals surface area contributed by atoms with Gasteiger partial charge in [0.15, 0.2) is 0 Å². The van der Waals surface area contributed by atoms with Crippen LogP contribution >= 0.6 is 0 Å². The molecule has 3 nitrogen and oxygen atoms in total. The van der Waals surface area contributed by atoms with E-state index >= 15 is 0 Å². The summed E-state index contributed by atoms with van der Waals surface area (Å²) in [5.74, 6) is 0. The van der Waals surface area contributed by atoms with Crippen molar-refractivity contribution in [3.05, 3.63) is 23.8 Å². The van der Waals surface area contributed by atoms with Crippen LogP contribution in [0.5, 0.6) is 0 Å². The van der Waals surface area contributed by atoms with Crippen LogP contribution in [-0.2, 0) is 4.74 Å². The van der Waals surface area contributed by atoms with Gasteiger partial charge in [-0.25, -0.2) is 0 Å². The molecule has 1 rings (SSSR count). The lowest BCUT2D eigenvalue weighted by atomic mass is 10.2. The lowest BCUT2D eigenvalue weighted by Gasteiger charge is -2.16. The Balaban J connectivity index is 2.70. The Labute approximate surface area is 85.3 Å². The smallest absolute Gasteiger partial charge is 0.0661 e. The summed E-state index contributed by atoms with van der Waals surface area (Å²) in [5, 5.41) is 3.30. The molecular formula is C11H18N2O. The largest absolute Gasteiger partial charge is 0.397 e. The second kappa shape index (κ2) is 4.86. The number of methoxy groups -OCH3 is 1. The molecule has 0 aliphatic carbocycles. The van der Waals surface area contributed by atoms with Crippen molar-refractivity contribution < 1.29 is 4.74 Å². The molecule has 0 spiro atoms. The van der Waals surface area contributed by atoms with Crippen molar-refractivity contribution in [1.29, 1.82) is 0 Å². The van der Waals surface area contributed by atoms with Crippen LogP contribution in [0.4, 0.5) is 11.4 Å². The first-order valence-electron chi connectivity index (χ1n) is 4.75. The molecule has 0 aliphatic heterocycles. The van der Waals surface area contributed by atoms with E-state index in [-0.39, 0.29) is 6.04 Å². The molecular weight excluding hydrogens is 176 g/mol. The van der Waals surface area contributed by atoms with E-state index in [0.29, 0.717) is 6.61 Å². The molecule has 1 atom stereocenters. The first kappa shape index (κ1) is 10.9. The van der Waals surface area contributed by atoms with Crippen LogP contribution in [0.15, 0.2) is 18.2 Å². The third-order valence-electron chi connectivity index (χ3n) is 2.03. The number of hydrogen-bond acceptors (Lipinski definition) is 3. The van der Waals surface area contributed by atoms with E-state index in [0.717, 1.165) is 11.4 Å². The Morgan fingerprint density at radius 1 is 1.50 bits per heavy atom. The summed E-state index contributed by atoms with van der Waals surface area (Å²) in [6, 6.07) is 6.23. The maximum atomic E-state index is 5.83. The van der Waals surface area contributed by atoms with Crippen molar-refractivity contribution in [3.63, 3.8) is 0 Å². The van der Waals surface area contributed by atoms with Gasteiger partial charge >= 0.3 is 0 Å². The lowest BCUT2D eigenvalue weighted by Crippen LogP contribution is -2.21. The summed E-state index contributed by atoms with van der Waals surface area (Å²) in [6.07, 6.45) is 0. The first-order valence-corrected chi connectivity index (χ1v) is 4.75. The second-order valence-electron chi connectivity index (χ2n) is 3.59. The molecule has 1 unspecified atom stereocenters. The Hall–Kier alpha value is -1.22. The molecule has 0 fully saturated rings. The molecule has 1 aromatic rings. The number of hydrogen-bond donors (Lipinski definition) is 2. The van der Waals surface area contributed by atoms with Gasteiger partial charge in [0, 0.05) is 13.2 Å². The van der Waals surface area contributed by atoms with E-state index in [9.17, 15) is 0 Å². The van der Waals surface area contributed by atoms with Crippen LogP contribution in [0.25, 0.3) is 0 Å². The predicted octanol–water partition coefficient (Wildman–Crippen LogP) is 2.02. The zero-order valence-corrected chi connectivity index (χ0v) is 9.00. The summed E-state index contributed by atoms with van der Waals surface area (Å²) >= 11 is 0. The van der Waals surface area contributed by atoms with Crippen LogP contribution in [0.3, 0.4) is 0 Å². The van der Waals surface area contributed by atoms with Gasteiger partial charge in [-0.1, -0.05) is 6.07 Å². The predicted molar refractivity (Wildman–Crippen MR) is 60.6 cm³/mol. The van der Waals surface area contributed by atoms with Gasteiger partial charge in [0.25, 0.3) is 0 Å². The highest BCUT2D eigenvalue weighted by Gasteiger charge is 2.03. The molecule has 0 amide bonds. The molecule has 0 aromatic heterocycles. The van der Waals surface area contributed by atoms with Crippen molar-refractivity contribution in [1.82, 2.24) is 0 Å². The molecule has 14 heavy (non-hydrogen) atoms. The van der Waals surface area contributed by atoms with Gasteiger partial charge in [-0.05, 0) is 31.5 Å². The second-order valence-corrected chi connectivity index (χ2v) is 3.59. The fourth-order valence-corrected chi connectivity index (χ4v) is 1.35. The van der Waals surface area contributed by atoms with Gasteiger partial charge in [0.2, 0.25) is 0 Å². The summed E-state index contributed by atoms with van der Waals surface area (Å²) in [5.41, 5.74) is 8.79. The number of nitrogen functional groups attached to an aromatic ring is 1. The quantitative estimate of drug-likeness (QED) is 0.721. The Morgan fingerprint density at radius 3 is 2.86 bits per heavy atom. The number of benzene rings is 1. The van der Waals surface area contributed by atoms with Crippen LogP contribution in [-0.4, -0.2) is 19.8 Å². The standard InChI is InChI=1S/C11H18N2O/c1-8-4-5-10(12)11(6-8)13-9(2)7-14-3/h4-6,9,13H,7,12H2,1-3H3. The number of nitrogens with two attached hydrogens (primary N) is 1. The summed E-state index contributed by atoms with van der Waals surface area (Å²) < 4.78 is 5.04. The summed E-state index contributed by atoms with van der Waals surface area (Å²) in [7, 11) is 1.69. The maximum Gasteiger partial charge on any atom is 0.0661 e. The van der Waals surface area contributed by atoms with Gasteiger partial charge in [0.05, 0.1) is 18.0 Å². The van der Waals surface area contributed by atoms with E-state index in [1.807, 2.05) is 25.1 Å². The molecule has 0 saturated heterocycles. The molecule has 0 aliphatic rings. The first-order chi connectivity index (χ1) is 6.63. The topological polar surface area (TPSA) is 47.3 Å². The van der Waals surface area contributed by atoms with E-state index in [1.54, 1.807) is 7.11 Å². The van der Waals surface area contributed by atoms with Crippen molar-refractivity contribution in [3.8, 4) is 0 Å². The van der Waals surface area contributed by atoms with Gasteiger partial charge in [-0.3, -0.25) is 0 Å². The monoisotopic (exact) mass is 194 g/mol. The zero-order valence-electron chi connectivity index (χ0n) is 9.00. The molecule has 1 aromatic carbocycles. The SMILES string of the molecule is COCC(C)Nc1cc(C)ccc1N. The minimum Gasteiger partial charge on any atom is -0.397 e. The number of ether oxygens (including phenoxy) is 1. The summed E-state index contributed by atoms with van der Waals surface area (Å²) in [6.45, 7) is 4.78. The maximum absolute atomic E-state index is 5.83. The summed E-state index contributed by atoms with van der Waals surface area (Å²) in [4.78, 5) is 0. The molecule has 0 bridgehead atoms. The van der Waals surface area contributed by atoms with Crippen molar-refractivity contribution >= 4 is 11.4 Å². The molecule has 78 valence electrons. The molecule has 0 heterocycles. The van der Waals surface area contributed by atoms with Gasteiger partial charge < -0.3 is 15.8 Å². The zero-order chi connectivity index (χ0) is 10.6. The highest BCUT2D eigenvalue weighted by molar-refractivity contribution is 5.67. The third kappa shape index (κ3) is 2.92. The lowest BCUT2D eigenvalue weighted by molar-refractivity contribution is 0.190. The van der Waals surface area contributed by atoms with Crippen molar-refractivity contribution in [2.75, 3.05) is 24.8 Å². The normalized spacial score (nSPS) is 12.5. The minimum absolute atomic E-state index is 0.268. The molecule has 0 saturated carbocycles. The van der Waals surface area contributed by atoms with Crippen LogP contribution in [0.1, 0.15) is 12.5 Å². The Kier molecular flexibility index (Phi) is 3.77. The van der Waals surface area contributed by atoms with E-state index in [2.05, 4.69) is 12.2 Å². The molecule has 3 N–H and O–H groups in total. The van der Waals surface area contributed by atoms with E-state index < -0.39 is 0 Å². The van der Waals surface area contributed by atoms with Gasteiger partial charge in [0.1, 0.15) is 0 Å². The third-order valence-corrected chi connectivity index (χ3v) is 2.03.